The van der Waals surface area contributed by atoms with Gasteiger partial charge in [0.2, 0.25) is 15.9 Å². The number of carbonyl (C=O) groups excluding carboxylic acids is 1. The second kappa shape index (κ2) is 9.17. The first-order valence-corrected chi connectivity index (χ1v) is 11.8. The van der Waals surface area contributed by atoms with E-state index >= 15 is 0 Å². The van der Waals surface area contributed by atoms with E-state index < -0.39 is 33.6 Å². The number of halogens is 2. The Morgan fingerprint density at radius 2 is 1.84 bits per heavy atom. The summed E-state index contributed by atoms with van der Waals surface area (Å²) in [7, 11) is -3.56. The summed E-state index contributed by atoms with van der Waals surface area (Å²) >= 11 is 0. The lowest BCUT2D eigenvalue weighted by atomic mass is 10.0. The number of amides is 1. The average molecular weight is 459 g/mol. The number of morpholine rings is 1. The third kappa shape index (κ3) is 5.21. The monoisotopic (exact) mass is 458 g/mol. The van der Waals surface area contributed by atoms with Gasteiger partial charge in [0.05, 0.1) is 35.3 Å². The number of hydrogen-bond acceptors (Lipinski definition) is 5. The second-order valence-corrected chi connectivity index (χ2v) is 10.4. The molecule has 1 aromatic carbocycles. The smallest absolute Gasteiger partial charge is 0.243 e. The van der Waals surface area contributed by atoms with E-state index in [1.807, 2.05) is 27.7 Å². The fourth-order valence-corrected chi connectivity index (χ4v) is 5.38. The van der Waals surface area contributed by atoms with Crippen molar-refractivity contribution in [3.63, 3.8) is 0 Å². The summed E-state index contributed by atoms with van der Waals surface area (Å²) in [5, 5.41) is 2.67. The van der Waals surface area contributed by atoms with Crippen molar-refractivity contribution < 1.29 is 26.7 Å². The zero-order valence-electron chi connectivity index (χ0n) is 18.0. The standard InChI is InChI=1S/C20H28F2N4O4S/c1-12(2)19(26-11-24-17-7-15(21)16(22)8-18(17)26)20(27)23-5-6-31(28,29)25-9-13(3)30-14(4)10-25/h7-8,11-14,19H,5-6,9-10H2,1-4H3,(H,23,27). The molecular formula is C20H28F2N4O4S. The number of hydrogen-bond donors (Lipinski definition) is 1. The van der Waals surface area contributed by atoms with E-state index in [-0.39, 0.29) is 54.5 Å². The molecule has 1 aliphatic heterocycles. The highest BCUT2D eigenvalue weighted by Gasteiger charge is 2.31. The summed E-state index contributed by atoms with van der Waals surface area (Å²) in [6, 6.07) is 1.22. The lowest BCUT2D eigenvalue weighted by Gasteiger charge is -2.34. The van der Waals surface area contributed by atoms with Crippen molar-refractivity contribution in [2.45, 2.75) is 45.9 Å². The zero-order valence-corrected chi connectivity index (χ0v) is 18.8. The molecule has 2 aromatic rings. The van der Waals surface area contributed by atoms with E-state index in [4.69, 9.17) is 4.74 Å². The number of sulfonamides is 1. The SMILES string of the molecule is CC1CN(S(=O)(=O)CCNC(=O)C(C(C)C)n2cnc3cc(F)c(F)cc32)CC(C)O1. The van der Waals surface area contributed by atoms with Crippen LogP contribution in [0.2, 0.25) is 0 Å². The Morgan fingerprint density at radius 1 is 1.23 bits per heavy atom. The van der Waals surface area contributed by atoms with Gasteiger partial charge in [-0.2, -0.15) is 4.31 Å². The maximum atomic E-state index is 13.7. The summed E-state index contributed by atoms with van der Waals surface area (Å²) in [6.45, 7) is 7.73. The molecule has 1 saturated heterocycles. The Bertz CT molecular complexity index is 1050. The van der Waals surface area contributed by atoms with Gasteiger partial charge in [-0.15, -0.1) is 0 Å². The van der Waals surface area contributed by atoms with Crippen LogP contribution in [0.4, 0.5) is 8.78 Å². The van der Waals surface area contributed by atoms with E-state index in [1.165, 1.54) is 15.2 Å². The molecule has 3 rings (SSSR count). The highest BCUT2D eigenvalue weighted by Crippen LogP contribution is 2.25. The van der Waals surface area contributed by atoms with E-state index in [1.54, 1.807) is 0 Å². The minimum Gasteiger partial charge on any atom is -0.373 e. The first kappa shape index (κ1) is 23.6. The molecule has 31 heavy (non-hydrogen) atoms. The number of ether oxygens (including phenoxy) is 1. The van der Waals surface area contributed by atoms with E-state index in [9.17, 15) is 22.0 Å². The van der Waals surface area contributed by atoms with Gasteiger partial charge in [0, 0.05) is 31.8 Å². The van der Waals surface area contributed by atoms with E-state index in [2.05, 4.69) is 10.3 Å². The highest BCUT2D eigenvalue weighted by molar-refractivity contribution is 7.89. The zero-order chi connectivity index (χ0) is 22.9. The van der Waals surface area contributed by atoms with Gasteiger partial charge in [-0.05, 0) is 19.8 Å². The van der Waals surface area contributed by atoms with Gasteiger partial charge in [-0.25, -0.2) is 22.2 Å². The molecule has 1 aromatic heterocycles. The van der Waals surface area contributed by atoms with Crippen molar-refractivity contribution in [1.29, 1.82) is 0 Å². The normalized spacial score (nSPS) is 21.5. The molecular weight excluding hydrogens is 430 g/mol. The van der Waals surface area contributed by atoms with Crippen LogP contribution in [0.15, 0.2) is 18.5 Å². The van der Waals surface area contributed by atoms with Gasteiger partial charge in [0.25, 0.3) is 0 Å². The van der Waals surface area contributed by atoms with Gasteiger partial charge in [-0.3, -0.25) is 4.79 Å². The molecule has 0 saturated carbocycles. The fourth-order valence-electron chi connectivity index (χ4n) is 3.89. The van der Waals surface area contributed by atoms with Crippen molar-refractivity contribution in [2.24, 2.45) is 5.92 Å². The third-order valence-corrected chi connectivity index (χ3v) is 7.06. The number of nitrogens with zero attached hydrogens (tertiary/aromatic N) is 3. The highest BCUT2D eigenvalue weighted by atomic mass is 32.2. The maximum Gasteiger partial charge on any atom is 0.243 e. The molecule has 172 valence electrons. The van der Waals surface area contributed by atoms with Crippen molar-refractivity contribution in [1.82, 2.24) is 19.2 Å². The lowest BCUT2D eigenvalue weighted by molar-refractivity contribution is -0.125. The molecule has 0 aliphatic carbocycles. The summed E-state index contributed by atoms with van der Waals surface area (Å²) in [5.41, 5.74) is 0.521. The first-order valence-electron chi connectivity index (χ1n) is 10.2. The van der Waals surface area contributed by atoms with Crippen LogP contribution in [0.25, 0.3) is 11.0 Å². The Labute approximate surface area is 180 Å². The van der Waals surface area contributed by atoms with Crippen LogP contribution < -0.4 is 5.32 Å². The molecule has 1 aliphatic rings. The van der Waals surface area contributed by atoms with Gasteiger partial charge < -0.3 is 14.6 Å². The average Bonchev–Trinajstić information content (AvgIpc) is 3.03. The minimum atomic E-state index is -3.56. The molecule has 0 radical (unpaired) electrons. The predicted molar refractivity (Wildman–Crippen MR) is 112 cm³/mol. The molecule has 11 heteroatoms. The molecule has 1 amide bonds. The van der Waals surface area contributed by atoms with Crippen molar-refractivity contribution in [2.75, 3.05) is 25.4 Å². The number of rotatable bonds is 7. The summed E-state index contributed by atoms with van der Waals surface area (Å²) in [5.74, 6) is -2.91. The quantitative estimate of drug-likeness (QED) is 0.686. The maximum absolute atomic E-state index is 13.7. The number of carbonyl (C=O) groups is 1. The number of imidazole rings is 1. The molecule has 2 heterocycles. The van der Waals surface area contributed by atoms with Crippen LogP contribution in [0.3, 0.4) is 0 Å². The third-order valence-electron chi connectivity index (χ3n) is 5.26. The molecule has 8 nitrogen and oxygen atoms in total. The van der Waals surface area contributed by atoms with Gasteiger partial charge in [0.1, 0.15) is 6.04 Å². The second-order valence-electron chi connectivity index (χ2n) is 8.28. The van der Waals surface area contributed by atoms with Crippen LogP contribution in [-0.2, 0) is 19.6 Å². The van der Waals surface area contributed by atoms with Gasteiger partial charge in [-0.1, -0.05) is 13.8 Å². The molecule has 1 N–H and O–H groups in total. The lowest BCUT2D eigenvalue weighted by Crippen LogP contribution is -2.50. The largest absolute Gasteiger partial charge is 0.373 e. The topological polar surface area (TPSA) is 93.5 Å². The Hall–Kier alpha value is -2.11. The predicted octanol–water partition coefficient (Wildman–Crippen LogP) is 2.07. The summed E-state index contributed by atoms with van der Waals surface area (Å²) in [4.78, 5) is 17.0. The van der Waals surface area contributed by atoms with E-state index in [0.29, 0.717) is 0 Å². The molecule has 0 bridgehead atoms. The molecule has 0 spiro atoms. The van der Waals surface area contributed by atoms with Crippen LogP contribution in [0.1, 0.15) is 33.7 Å². The Morgan fingerprint density at radius 3 is 2.45 bits per heavy atom. The number of fused-ring (bicyclic) bond motifs is 1. The number of aromatic nitrogens is 2. The van der Waals surface area contributed by atoms with Crippen molar-refractivity contribution in [3.05, 3.63) is 30.1 Å². The Kier molecular flexibility index (Phi) is 6.97. The molecule has 1 fully saturated rings. The summed E-state index contributed by atoms with van der Waals surface area (Å²) in [6.07, 6.45) is 0.970. The van der Waals surface area contributed by atoms with Crippen molar-refractivity contribution in [3.8, 4) is 0 Å². The van der Waals surface area contributed by atoms with Gasteiger partial charge in [0.15, 0.2) is 11.6 Å². The minimum absolute atomic E-state index is 0.0693. The number of benzene rings is 1. The summed E-state index contributed by atoms with van der Waals surface area (Å²) < 4.78 is 61.0. The van der Waals surface area contributed by atoms with Crippen LogP contribution in [0, 0.1) is 17.6 Å². The van der Waals surface area contributed by atoms with Crippen LogP contribution >= 0.6 is 0 Å². The van der Waals surface area contributed by atoms with Crippen LogP contribution in [0.5, 0.6) is 0 Å². The number of nitrogens with one attached hydrogen (secondary N) is 1. The fraction of sp³-hybridized carbons (Fsp3) is 0.600. The molecule has 3 atom stereocenters. The Balaban J connectivity index is 1.70. The van der Waals surface area contributed by atoms with Crippen molar-refractivity contribution >= 4 is 27.0 Å². The molecule has 3 unspecified atom stereocenters. The van der Waals surface area contributed by atoms with E-state index in [0.717, 1.165) is 12.1 Å². The van der Waals surface area contributed by atoms with Crippen LogP contribution in [-0.4, -0.2) is 65.8 Å². The first-order chi connectivity index (χ1) is 14.5. The van der Waals surface area contributed by atoms with Gasteiger partial charge >= 0.3 is 0 Å².